The molecule has 1 aliphatic heterocycles. The van der Waals surface area contributed by atoms with Gasteiger partial charge in [0.1, 0.15) is 5.15 Å². The fourth-order valence-electron chi connectivity index (χ4n) is 1.85. The van der Waals surface area contributed by atoms with E-state index in [0.717, 1.165) is 18.8 Å². The number of nitrogens with one attached hydrogen (secondary N) is 1. The molecule has 1 aromatic heterocycles. The average molecular weight is 257 g/mol. The zero-order valence-corrected chi connectivity index (χ0v) is 11.4. The van der Waals surface area contributed by atoms with Crippen LogP contribution in [0.2, 0.25) is 5.15 Å². The van der Waals surface area contributed by atoms with Crippen molar-refractivity contribution in [2.24, 2.45) is 11.8 Å². The van der Waals surface area contributed by atoms with Crippen LogP contribution in [0.3, 0.4) is 0 Å². The fraction of sp³-hybridized carbons (Fsp3) is 0.615. The molecule has 17 heavy (non-hydrogen) atoms. The number of halogens is 1. The van der Waals surface area contributed by atoms with Gasteiger partial charge in [-0.15, -0.1) is 0 Å². The number of rotatable bonds is 0. The van der Waals surface area contributed by atoms with Crippen LogP contribution < -0.4 is 5.32 Å². The van der Waals surface area contributed by atoms with Gasteiger partial charge in [0.05, 0.1) is 6.10 Å². The Bertz CT molecular complexity index is 319. The van der Waals surface area contributed by atoms with Crippen LogP contribution in [0.15, 0.2) is 18.2 Å². The SMILES string of the molecule is CC1CNCC(C)C1O.Cc1cccc(Cl)n1. The van der Waals surface area contributed by atoms with Gasteiger partial charge in [0.2, 0.25) is 0 Å². The third-order valence-corrected chi connectivity index (χ3v) is 3.16. The van der Waals surface area contributed by atoms with Crippen LogP contribution in [0.1, 0.15) is 19.5 Å². The molecule has 96 valence electrons. The second-order valence-corrected chi connectivity index (χ2v) is 5.09. The molecule has 0 radical (unpaired) electrons. The number of aliphatic hydroxyl groups is 1. The molecule has 0 bridgehead atoms. The summed E-state index contributed by atoms with van der Waals surface area (Å²) in [5, 5.41) is 13.2. The monoisotopic (exact) mass is 256 g/mol. The van der Waals surface area contributed by atoms with Crippen molar-refractivity contribution in [3.8, 4) is 0 Å². The number of aryl methyl sites for hydroxylation is 1. The second kappa shape index (κ2) is 6.94. The lowest BCUT2D eigenvalue weighted by atomic mass is 9.90. The first-order valence-electron chi connectivity index (χ1n) is 5.98. The first-order valence-corrected chi connectivity index (χ1v) is 6.36. The third-order valence-electron chi connectivity index (χ3n) is 2.95. The molecule has 4 heteroatoms. The first kappa shape index (κ1) is 14.4. The van der Waals surface area contributed by atoms with Crippen molar-refractivity contribution in [3.05, 3.63) is 29.0 Å². The van der Waals surface area contributed by atoms with Crippen molar-refractivity contribution in [3.63, 3.8) is 0 Å². The Hall–Kier alpha value is -0.640. The lowest BCUT2D eigenvalue weighted by Crippen LogP contribution is -2.44. The van der Waals surface area contributed by atoms with Gasteiger partial charge in [-0.1, -0.05) is 31.5 Å². The normalized spacial score (nSPS) is 28.2. The lowest BCUT2D eigenvalue weighted by molar-refractivity contribution is 0.0434. The summed E-state index contributed by atoms with van der Waals surface area (Å²) in [6, 6.07) is 5.55. The number of nitrogens with zero attached hydrogens (tertiary/aromatic N) is 1. The molecule has 2 N–H and O–H groups in total. The van der Waals surface area contributed by atoms with E-state index < -0.39 is 0 Å². The molecule has 0 aliphatic carbocycles. The Labute approximate surface area is 108 Å². The van der Waals surface area contributed by atoms with Crippen molar-refractivity contribution in [1.82, 2.24) is 10.3 Å². The van der Waals surface area contributed by atoms with Gasteiger partial charge >= 0.3 is 0 Å². The largest absolute Gasteiger partial charge is 0.392 e. The minimum Gasteiger partial charge on any atom is -0.392 e. The highest BCUT2D eigenvalue weighted by Gasteiger charge is 2.24. The first-order chi connectivity index (χ1) is 8.00. The molecule has 0 spiro atoms. The van der Waals surface area contributed by atoms with E-state index in [1.165, 1.54) is 0 Å². The number of piperidine rings is 1. The van der Waals surface area contributed by atoms with Crippen LogP contribution in [0.4, 0.5) is 0 Å². The Kier molecular flexibility index (Phi) is 5.89. The van der Waals surface area contributed by atoms with E-state index in [-0.39, 0.29) is 6.10 Å². The van der Waals surface area contributed by atoms with E-state index in [1.807, 2.05) is 19.1 Å². The zero-order chi connectivity index (χ0) is 12.8. The molecule has 2 rings (SSSR count). The second-order valence-electron chi connectivity index (χ2n) is 4.71. The molecule has 1 saturated heterocycles. The maximum Gasteiger partial charge on any atom is 0.129 e. The van der Waals surface area contributed by atoms with Gasteiger partial charge in [0, 0.05) is 18.8 Å². The number of hydrogen-bond acceptors (Lipinski definition) is 3. The van der Waals surface area contributed by atoms with Gasteiger partial charge < -0.3 is 10.4 Å². The number of hydrogen-bond donors (Lipinski definition) is 2. The summed E-state index contributed by atoms with van der Waals surface area (Å²) in [5.74, 6) is 0.850. The minimum atomic E-state index is -0.0914. The lowest BCUT2D eigenvalue weighted by Gasteiger charge is -2.30. The highest BCUT2D eigenvalue weighted by atomic mass is 35.5. The van der Waals surface area contributed by atoms with Crippen molar-refractivity contribution in [2.45, 2.75) is 26.9 Å². The van der Waals surface area contributed by atoms with E-state index in [2.05, 4.69) is 24.1 Å². The van der Waals surface area contributed by atoms with E-state index in [0.29, 0.717) is 17.0 Å². The highest BCUT2D eigenvalue weighted by Crippen LogP contribution is 2.15. The van der Waals surface area contributed by atoms with Crippen LogP contribution in [0.5, 0.6) is 0 Å². The Morgan fingerprint density at radius 1 is 1.29 bits per heavy atom. The van der Waals surface area contributed by atoms with Crippen molar-refractivity contribution in [1.29, 1.82) is 0 Å². The smallest absolute Gasteiger partial charge is 0.129 e. The zero-order valence-electron chi connectivity index (χ0n) is 10.7. The topological polar surface area (TPSA) is 45.1 Å². The molecular weight excluding hydrogens is 236 g/mol. The molecule has 2 heterocycles. The maximum absolute atomic E-state index is 9.41. The van der Waals surface area contributed by atoms with Crippen LogP contribution in [-0.2, 0) is 0 Å². The molecule has 0 saturated carbocycles. The molecule has 1 aliphatic rings. The number of aliphatic hydroxyl groups excluding tert-OH is 1. The molecule has 1 aromatic rings. The maximum atomic E-state index is 9.41. The molecule has 2 atom stereocenters. The Morgan fingerprint density at radius 3 is 2.24 bits per heavy atom. The molecule has 0 amide bonds. The molecule has 1 fully saturated rings. The van der Waals surface area contributed by atoms with Gasteiger partial charge in [0.15, 0.2) is 0 Å². The van der Waals surface area contributed by atoms with Crippen LogP contribution >= 0.6 is 11.6 Å². The summed E-state index contributed by atoms with van der Waals surface area (Å²) < 4.78 is 0. The summed E-state index contributed by atoms with van der Waals surface area (Å²) in [5.41, 5.74) is 0.956. The van der Waals surface area contributed by atoms with Gasteiger partial charge in [-0.25, -0.2) is 4.98 Å². The Balaban J connectivity index is 0.000000171. The van der Waals surface area contributed by atoms with Gasteiger partial charge in [-0.3, -0.25) is 0 Å². The van der Waals surface area contributed by atoms with E-state index in [1.54, 1.807) is 6.07 Å². The van der Waals surface area contributed by atoms with Crippen molar-refractivity contribution < 1.29 is 5.11 Å². The molecule has 3 nitrogen and oxygen atoms in total. The molecule has 0 aromatic carbocycles. The van der Waals surface area contributed by atoms with Crippen LogP contribution in [-0.4, -0.2) is 29.3 Å². The van der Waals surface area contributed by atoms with Crippen molar-refractivity contribution >= 4 is 11.6 Å². The van der Waals surface area contributed by atoms with Crippen LogP contribution in [0.25, 0.3) is 0 Å². The molecular formula is C13H21ClN2O. The Morgan fingerprint density at radius 2 is 1.88 bits per heavy atom. The highest BCUT2D eigenvalue weighted by molar-refractivity contribution is 6.29. The van der Waals surface area contributed by atoms with E-state index in [4.69, 9.17) is 11.6 Å². The third kappa shape index (κ3) is 5.02. The summed E-state index contributed by atoms with van der Waals surface area (Å²) in [4.78, 5) is 3.94. The summed E-state index contributed by atoms with van der Waals surface area (Å²) in [6.07, 6.45) is -0.0914. The number of pyridine rings is 1. The van der Waals surface area contributed by atoms with Crippen molar-refractivity contribution in [2.75, 3.05) is 13.1 Å². The van der Waals surface area contributed by atoms with Gasteiger partial charge in [-0.2, -0.15) is 0 Å². The van der Waals surface area contributed by atoms with E-state index >= 15 is 0 Å². The fourth-order valence-corrected chi connectivity index (χ4v) is 2.06. The summed E-state index contributed by atoms with van der Waals surface area (Å²) in [6.45, 7) is 7.99. The summed E-state index contributed by atoms with van der Waals surface area (Å²) >= 11 is 5.53. The predicted octanol–water partition coefficient (Wildman–Crippen LogP) is 2.27. The predicted molar refractivity (Wildman–Crippen MR) is 71.2 cm³/mol. The summed E-state index contributed by atoms with van der Waals surface area (Å²) in [7, 11) is 0. The average Bonchev–Trinajstić information content (AvgIpc) is 2.26. The quantitative estimate of drug-likeness (QED) is 0.700. The number of aromatic nitrogens is 1. The van der Waals surface area contributed by atoms with Gasteiger partial charge in [-0.05, 0) is 30.9 Å². The van der Waals surface area contributed by atoms with E-state index in [9.17, 15) is 5.11 Å². The standard InChI is InChI=1S/C7H15NO.C6H6ClN/c1-5-3-8-4-6(2)7(5)9;1-5-3-2-4-6(7)8-5/h5-9H,3-4H2,1-2H3;2-4H,1H3. The van der Waals surface area contributed by atoms with Crippen LogP contribution in [0, 0.1) is 18.8 Å². The minimum absolute atomic E-state index is 0.0914. The molecule has 2 unspecified atom stereocenters. The van der Waals surface area contributed by atoms with Gasteiger partial charge in [0.25, 0.3) is 0 Å².